The molecule has 0 spiro atoms. The van der Waals surface area contributed by atoms with E-state index in [0.29, 0.717) is 15.6 Å². The molecule has 33 heavy (non-hydrogen) atoms. The van der Waals surface area contributed by atoms with Crippen LogP contribution in [0.2, 0.25) is 10.0 Å². The van der Waals surface area contributed by atoms with Crippen molar-refractivity contribution in [2.45, 2.75) is 4.90 Å². The minimum Gasteiger partial charge on any atom is -0.256 e. The summed E-state index contributed by atoms with van der Waals surface area (Å²) in [5.41, 5.74) is 2.35. The molecule has 0 radical (unpaired) electrons. The minimum absolute atomic E-state index is 0.611. The van der Waals surface area contributed by atoms with E-state index < -0.39 is 9.73 Å². The standard InChI is InChI=1S/C16H13ClN2OS.C9H5BrClN/c1-21(20,13-5-3-2-4-6-13)19-12-7-8-16-14(11-12)15(17)9-10-18-16;10-6-1-2-9-7(5-6)8(11)3-4-12-9/h2-11H,1H3;1-5H. The molecule has 1 atom stereocenters. The van der Waals surface area contributed by atoms with Crippen LogP contribution in [0.5, 0.6) is 0 Å². The number of fused-ring (bicyclic) bond motifs is 2. The molecule has 0 aliphatic rings. The van der Waals surface area contributed by atoms with E-state index in [1.165, 1.54) is 0 Å². The van der Waals surface area contributed by atoms with E-state index >= 15 is 0 Å². The van der Waals surface area contributed by atoms with Gasteiger partial charge < -0.3 is 0 Å². The van der Waals surface area contributed by atoms with Gasteiger partial charge in [-0.3, -0.25) is 9.97 Å². The number of hydrogen-bond donors (Lipinski definition) is 0. The molecule has 0 bridgehead atoms. The van der Waals surface area contributed by atoms with Crippen LogP contribution in [0.25, 0.3) is 21.8 Å². The van der Waals surface area contributed by atoms with Gasteiger partial charge in [-0.25, -0.2) is 4.21 Å². The van der Waals surface area contributed by atoms with Gasteiger partial charge >= 0.3 is 0 Å². The summed E-state index contributed by atoms with van der Waals surface area (Å²) in [5.74, 6) is 0. The Morgan fingerprint density at radius 3 is 2.00 bits per heavy atom. The predicted molar refractivity (Wildman–Crippen MR) is 142 cm³/mol. The van der Waals surface area contributed by atoms with Crippen LogP contribution in [0.3, 0.4) is 0 Å². The molecule has 3 aromatic carbocycles. The van der Waals surface area contributed by atoms with Crippen LogP contribution in [0.15, 0.2) is 105 Å². The minimum atomic E-state index is -2.48. The van der Waals surface area contributed by atoms with E-state index in [1.807, 2.05) is 60.7 Å². The summed E-state index contributed by atoms with van der Waals surface area (Å²) in [6.45, 7) is 0. The van der Waals surface area contributed by atoms with E-state index in [-0.39, 0.29) is 0 Å². The van der Waals surface area contributed by atoms with Gasteiger partial charge in [0, 0.05) is 38.8 Å². The van der Waals surface area contributed by atoms with Crippen LogP contribution in [-0.4, -0.2) is 20.4 Å². The first-order valence-corrected chi connectivity index (χ1v) is 13.3. The summed E-state index contributed by atoms with van der Waals surface area (Å²) in [6, 6.07) is 24.1. The lowest BCUT2D eigenvalue weighted by atomic mass is 10.2. The first-order valence-electron chi connectivity index (χ1n) is 9.85. The fourth-order valence-electron chi connectivity index (χ4n) is 3.17. The van der Waals surface area contributed by atoms with E-state index in [2.05, 4.69) is 30.3 Å². The fraction of sp³-hybridized carbons (Fsp3) is 0.0400. The predicted octanol–water partition coefficient (Wildman–Crippen LogP) is 8.33. The van der Waals surface area contributed by atoms with E-state index in [4.69, 9.17) is 23.2 Å². The number of pyridine rings is 2. The molecule has 0 saturated heterocycles. The van der Waals surface area contributed by atoms with Crippen molar-refractivity contribution < 1.29 is 4.21 Å². The Hall–Kier alpha value is -2.51. The average molecular weight is 559 g/mol. The van der Waals surface area contributed by atoms with Crippen LogP contribution >= 0.6 is 39.1 Å². The van der Waals surface area contributed by atoms with E-state index in [0.717, 1.165) is 31.3 Å². The lowest BCUT2D eigenvalue weighted by molar-refractivity contribution is 0.681. The molecule has 0 N–H and O–H groups in total. The highest BCUT2D eigenvalue weighted by atomic mass is 79.9. The zero-order chi connectivity index (χ0) is 23.4. The van der Waals surface area contributed by atoms with Crippen molar-refractivity contribution in [3.05, 3.63) is 106 Å². The molecule has 1 unspecified atom stereocenters. The monoisotopic (exact) mass is 557 g/mol. The number of rotatable bonds is 2. The second kappa shape index (κ2) is 10.2. The van der Waals surface area contributed by atoms with Gasteiger partial charge in [-0.1, -0.05) is 57.3 Å². The molecule has 166 valence electrons. The third kappa shape index (κ3) is 5.71. The van der Waals surface area contributed by atoms with Crippen molar-refractivity contribution in [2.75, 3.05) is 6.26 Å². The van der Waals surface area contributed by atoms with Gasteiger partial charge in [0.15, 0.2) is 0 Å². The smallest absolute Gasteiger partial charge is 0.0771 e. The van der Waals surface area contributed by atoms with Crippen molar-refractivity contribution in [1.29, 1.82) is 0 Å². The fourth-order valence-corrected chi connectivity index (χ4v) is 5.23. The Morgan fingerprint density at radius 1 is 0.788 bits per heavy atom. The van der Waals surface area contributed by atoms with Gasteiger partial charge in [-0.2, -0.15) is 4.36 Å². The summed E-state index contributed by atoms with van der Waals surface area (Å²) >= 11 is 15.5. The second-order valence-electron chi connectivity index (χ2n) is 7.16. The van der Waals surface area contributed by atoms with Crippen LogP contribution in [0, 0.1) is 0 Å². The zero-order valence-electron chi connectivity index (χ0n) is 17.5. The third-order valence-corrected chi connectivity index (χ3v) is 7.64. The van der Waals surface area contributed by atoms with Crippen LogP contribution in [0.1, 0.15) is 0 Å². The summed E-state index contributed by atoms with van der Waals surface area (Å²) in [6.07, 6.45) is 5.00. The Morgan fingerprint density at radius 2 is 1.36 bits per heavy atom. The van der Waals surface area contributed by atoms with Crippen molar-refractivity contribution in [3.8, 4) is 0 Å². The highest BCUT2D eigenvalue weighted by molar-refractivity contribution is 9.10. The lowest BCUT2D eigenvalue weighted by Gasteiger charge is -2.05. The summed E-state index contributed by atoms with van der Waals surface area (Å²) in [7, 11) is -2.48. The largest absolute Gasteiger partial charge is 0.256 e. The normalized spacial score (nSPS) is 12.6. The summed E-state index contributed by atoms with van der Waals surface area (Å²) in [4.78, 5) is 9.13. The quantitative estimate of drug-likeness (QED) is 0.219. The molecular formula is C25H18BrCl2N3OS. The van der Waals surface area contributed by atoms with E-state index in [1.54, 1.807) is 36.8 Å². The summed E-state index contributed by atoms with van der Waals surface area (Å²) in [5, 5.41) is 3.14. The molecule has 5 rings (SSSR count). The number of hydrogen-bond acceptors (Lipinski definition) is 4. The maximum Gasteiger partial charge on any atom is 0.0771 e. The van der Waals surface area contributed by atoms with Gasteiger partial charge in [0.05, 0.1) is 36.5 Å². The molecule has 0 saturated carbocycles. The van der Waals surface area contributed by atoms with Crippen molar-refractivity contribution in [3.63, 3.8) is 0 Å². The maximum atomic E-state index is 12.8. The molecule has 0 aliphatic heterocycles. The van der Waals surface area contributed by atoms with Crippen molar-refractivity contribution >= 4 is 76.4 Å². The molecule has 0 fully saturated rings. The molecule has 2 aromatic heterocycles. The zero-order valence-corrected chi connectivity index (χ0v) is 21.4. The van der Waals surface area contributed by atoms with Gasteiger partial charge in [0.2, 0.25) is 0 Å². The van der Waals surface area contributed by atoms with Gasteiger partial charge in [0.1, 0.15) is 0 Å². The number of nitrogens with zero attached hydrogens (tertiary/aromatic N) is 3. The third-order valence-electron chi connectivity index (χ3n) is 4.78. The van der Waals surface area contributed by atoms with Crippen molar-refractivity contribution in [2.24, 2.45) is 4.36 Å². The number of halogens is 3. The molecule has 4 nitrogen and oxygen atoms in total. The number of aromatic nitrogens is 2. The molecule has 8 heteroatoms. The highest BCUT2D eigenvalue weighted by Gasteiger charge is 2.07. The van der Waals surface area contributed by atoms with Gasteiger partial charge in [0.25, 0.3) is 0 Å². The number of benzene rings is 3. The van der Waals surface area contributed by atoms with Crippen molar-refractivity contribution in [1.82, 2.24) is 9.97 Å². The van der Waals surface area contributed by atoms with E-state index in [9.17, 15) is 4.21 Å². The topological polar surface area (TPSA) is 55.2 Å². The molecule has 0 aliphatic carbocycles. The Labute approximate surface area is 210 Å². The molecule has 5 aromatic rings. The van der Waals surface area contributed by atoms with Gasteiger partial charge in [-0.15, -0.1) is 0 Å². The first kappa shape index (κ1) is 23.6. The maximum absolute atomic E-state index is 12.8. The molecule has 2 heterocycles. The lowest BCUT2D eigenvalue weighted by Crippen LogP contribution is -1.96. The highest BCUT2D eigenvalue weighted by Crippen LogP contribution is 2.28. The average Bonchev–Trinajstić information content (AvgIpc) is 2.81. The SMILES string of the molecule is CS(=O)(=Nc1ccc2nccc(Cl)c2c1)c1ccccc1.Clc1ccnc2ccc(Br)cc12. The Balaban J connectivity index is 0.000000183. The first-order chi connectivity index (χ1) is 15.8. The Bertz CT molecular complexity index is 1570. The van der Waals surface area contributed by atoms with Crippen LogP contribution in [0.4, 0.5) is 5.69 Å². The van der Waals surface area contributed by atoms with Crippen LogP contribution in [-0.2, 0) is 9.73 Å². The Kier molecular flexibility index (Phi) is 7.29. The second-order valence-corrected chi connectivity index (χ2v) is 11.1. The summed E-state index contributed by atoms with van der Waals surface area (Å²) < 4.78 is 18.2. The molecular weight excluding hydrogens is 541 g/mol. The molecule has 0 amide bonds. The van der Waals surface area contributed by atoms with Crippen LogP contribution < -0.4 is 0 Å². The van der Waals surface area contributed by atoms with Gasteiger partial charge in [-0.05, 0) is 60.7 Å².